The Balaban J connectivity index is -0.000000434. The van der Waals surface area contributed by atoms with Gasteiger partial charge in [-0.3, -0.25) is 4.79 Å². The van der Waals surface area contributed by atoms with Gasteiger partial charge in [-0.25, -0.2) is 14.4 Å². The third kappa shape index (κ3) is 56.9. The largest absolute Gasteiger partial charge is 0.465 e. The smallest absolute Gasteiger partial charge is 0.343 e. The highest BCUT2D eigenvalue weighted by atomic mass is 16.5. The Morgan fingerprint density at radius 2 is 0.389 bits per heavy atom. The lowest BCUT2D eigenvalue weighted by Crippen LogP contribution is -2.24. The molecule has 10 aromatic rings. The molecule has 0 atom stereocenters. The number of methoxy groups -OCH3 is 2. The second-order valence-corrected chi connectivity index (χ2v) is 29.7. The molecule has 0 N–H and O–H groups in total. The van der Waals surface area contributed by atoms with E-state index in [2.05, 4.69) is 200 Å². The van der Waals surface area contributed by atoms with E-state index >= 15 is 0 Å². The summed E-state index contributed by atoms with van der Waals surface area (Å²) in [6.07, 6.45) is 15.8. The summed E-state index contributed by atoms with van der Waals surface area (Å²) in [5, 5.41) is 0. The molecule has 3 aliphatic carbocycles. The Hall–Kier alpha value is -9.92. The highest BCUT2D eigenvalue weighted by molar-refractivity contribution is 5.91. The van der Waals surface area contributed by atoms with Crippen LogP contribution in [0, 0.1) is 98.8 Å². The van der Waals surface area contributed by atoms with Crippen LogP contribution in [-0.4, -0.2) is 38.1 Å². The number of aryl methyl sites for hydroxylation is 10. The molecule has 8 nitrogen and oxygen atoms in total. The number of hydrogen-bond donors (Lipinski definition) is 0. The van der Waals surface area contributed by atoms with Crippen LogP contribution in [0.25, 0.3) is 22.3 Å². The maximum atomic E-state index is 11.9. The Bertz CT molecular complexity index is 4060. The molecule has 0 aliphatic heterocycles. The number of carbonyl (C=O) groups excluding carboxylic acids is 4. The number of rotatable bonds is 9. The summed E-state index contributed by atoms with van der Waals surface area (Å²) in [4.78, 5) is 45.9. The Labute approximate surface area is 773 Å². The molecule has 8 heteroatoms. The van der Waals surface area contributed by atoms with Gasteiger partial charge in [0.05, 0.1) is 36.8 Å². The van der Waals surface area contributed by atoms with Crippen LogP contribution >= 0.6 is 0 Å². The molecule has 0 aromatic heterocycles. The molecule has 0 spiro atoms. The summed E-state index contributed by atoms with van der Waals surface area (Å²) in [7, 11) is 2.76. The van der Waals surface area contributed by atoms with Gasteiger partial charge in [-0.15, -0.1) is 0 Å². The van der Waals surface area contributed by atoms with Crippen molar-refractivity contribution in [3.05, 3.63) is 321 Å². The molecular weight excluding hydrogens is 1550 g/mol. The van der Waals surface area contributed by atoms with Crippen molar-refractivity contribution in [1.29, 1.82) is 0 Å². The number of carbonyl (C=O) groups is 4. The van der Waals surface area contributed by atoms with Crippen molar-refractivity contribution in [1.82, 2.24) is 0 Å². The van der Waals surface area contributed by atoms with E-state index in [1.165, 1.54) is 116 Å². The summed E-state index contributed by atoms with van der Waals surface area (Å²) in [5.74, 6) is 4.97. The highest BCUT2D eigenvalue weighted by Crippen LogP contribution is 2.36. The van der Waals surface area contributed by atoms with Crippen LogP contribution in [-0.2, 0) is 14.3 Å². The first-order valence-electron chi connectivity index (χ1n) is 48.1. The minimum Gasteiger partial charge on any atom is -0.465 e. The van der Waals surface area contributed by atoms with Gasteiger partial charge in [-0.2, -0.15) is 0 Å². The zero-order chi connectivity index (χ0) is 96.9. The van der Waals surface area contributed by atoms with Crippen LogP contribution in [0.1, 0.15) is 341 Å². The normalized spacial score (nSPS) is 14.6. The minimum absolute atomic E-state index is 0.0549. The van der Waals surface area contributed by atoms with E-state index in [1.807, 2.05) is 239 Å². The van der Waals surface area contributed by atoms with Crippen LogP contribution < -0.4 is 9.47 Å². The summed E-state index contributed by atoms with van der Waals surface area (Å²) < 4.78 is 19.9. The zero-order valence-corrected chi connectivity index (χ0v) is 86.3. The Morgan fingerprint density at radius 3 is 0.635 bits per heavy atom. The first-order chi connectivity index (χ1) is 60.8. The number of ether oxygens (including phenoxy) is 4. The molecule has 3 aliphatic rings. The zero-order valence-electron chi connectivity index (χ0n) is 86.3. The van der Waals surface area contributed by atoms with E-state index in [1.54, 1.807) is 54.1 Å². The lowest BCUT2D eigenvalue weighted by molar-refractivity contribution is -0.140. The van der Waals surface area contributed by atoms with Gasteiger partial charge < -0.3 is 18.9 Å². The fourth-order valence-corrected chi connectivity index (χ4v) is 12.2. The molecule has 0 amide bonds. The first kappa shape index (κ1) is 125. The summed E-state index contributed by atoms with van der Waals surface area (Å²) >= 11 is 0. The van der Waals surface area contributed by atoms with Gasteiger partial charge in [-0.05, 0) is 226 Å². The minimum atomic E-state index is -0.325. The van der Waals surface area contributed by atoms with Crippen molar-refractivity contribution in [3.8, 4) is 33.8 Å². The fourth-order valence-electron chi connectivity index (χ4n) is 12.2. The summed E-state index contributed by atoms with van der Waals surface area (Å²) in [5.41, 5.74) is 20.6. The van der Waals surface area contributed by atoms with E-state index in [-0.39, 0.29) is 29.8 Å². The third-order valence-electron chi connectivity index (χ3n) is 19.8. The van der Waals surface area contributed by atoms with Crippen molar-refractivity contribution >= 4 is 23.9 Å². The lowest BCUT2D eigenvalue weighted by Gasteiger charge is -2.26. The van der Waals surface area contributed by atoms with Crippen molar-refractivity contribution in [2.24, 2.45) is 29.6 Å². The third-order valence-corrected chi connectivity index (χ3v) is 19.8. The summed E-state index contributed by atoms with van der Waals surface area (Å²) in [6, 6.07) is 80.2. The molecule has 0 heterocycles. The molecule has 126 heavy (non-hydrogen) atoms. The predicted molar refractivity (Wildman–Crippen MR) is 555 cm³/mol. The van der Waals surface area contributed by atoms with E-state index in [9.17, 15) is 19.2 Å². The van der Waals surface area contributed by atoms with Gasteiger partial charge in [0, 0.05) is 0 Å². The van der Waals surface area contributed by atoms with Gasteiger partial charge in [0.25, 0.3) is 0 Å². The van der Waals surface area contributed by atoms with Crippen LogP contribution in [0.4, 0.5) is 0 Å². The number of benzene rings is 10. The highest BCUT2D eigenvalue weighted by Gasteiger charge is 2.26. The molecule has 13 rings (SSSR count). The summed E-state index contributed by atoms with van der Waals surface area (Å²) in [6.45, 7) is 70.0. The maximum Gasteiger partial charge on any atom is 0.343 e. The molecule has 0 saturated heterocycles. The van der Waals surface area contributed by atoms with E-state index in [0.717, 1.165) is 83.1 Å². The van der Waals surface area contributed by atoms with Crippen LogP contribution in [0.2, 0.25) is 0 Å². The van der Waals surface area contributed by atoms with Crippen molar-refractivity contribution in [3.63, 3.8) is 0 Å². The number of esters is 4. The molecular formula is C118H178O8. The monoisotopic (exact) mass is 1720 g/mol. The lowest BCUT2D eigenvalue weighted by atomic mass is 9.79. The number of hydrogen-bond acceptors (Lipinski definition) is 8. The van der Waals surface area contributed by atoms with E-state index in [0.29, 0.717) is 28.2 Å². The SMILES string of the molecule is CC.CC.CC.CC.CC.CC.CC.CC.CC.CC.CC1CCC(C)CC1.COC(=O)c1ccc(-c2ccc(C)cc2)cc1.COC(=O)c1ccc(C)cc1.Cc1ccc(-c2ccc(C)cc2)cc1.Cc1ccc(C)cc1.Cc1ccc(C2CCC(C)CC2)cc1.Cc1ccc(OC(=O)C2CCC(C)CC2)cc1.Cc1ccc(OC(=O)c2ccc(C)cc2)cc1. The average molecular weight is 1720 g/mol. The van der Waals surface area contributed by atoms with Crippen LogP contribution in [0.5, 0.6) is 11.5 Å². The molecule has 0 radical (unpaired) electrons. The second kappa shape index (κ2) is 80.9. The quantitative estimate of drug-likeness (QED) is 0.104. The standard InChI is InChI=1S/C15H20O2.2C15H14O2.C14H20.C14H14.C9H10O2.C8H16.C8H10.10C2H6/c2*1-11-3-7-13(8-4-11)15(16)17-14-9-5-12(2)6-10-14;1-11-3-5-12(6-4-11)13-7-9-14(10-8-13)15(16)17-2;2*1-11-3-7-13(8-4-11)14-9-5-12(2)6-10-14;1-7-3-5-8(6-4-7)9(10)11-2;2*1-7-3-5-8(2)6-4-7;10*1-2/h5-6,9-11,13H,3-4,7-8H2,1-2H3;2*3-10H,1-2H3;3-4,7-8,12,14H,5-6,9-10H2,1-2H3;3-10H,1-2H3;3-6H,1-2H3;7-8H,3-6H2,1-2H3;3-6H,1-2H3;10*1-2H3. The first-order valence-corrected chi connectivity index (χ1v) is 48.1. The molecule has 3 fully saturated rings. The fraction of sp³-hybridized carbons (Fsp3) is 0.458. The predicted octanol–water partition coefficient (Wildman–Crippen LogP) is 36.1. The van der Waals surface area contributed by atoms with Crippen LogP contribution in [0.3, 0.4) is 0 Å². The van der Waals surface area contributed by atoms with Crippen molar-refractivity contribution in [2.75, 3.05) is 14.2 Å². The topological polar surface area (TPSA) is 105 Å². The van der Waals surface area contributed by atoms with Crippen molar-refractivity contribution in [2.45, 2.75) is 318 Å². The van der Waals surface area contributed by atoms with E-state index < -0.39 is 0 Å². The maximum absolute atomic E-state index is 11.9. The van der Waals surface area contributed by atoms with Crippen molar-refractivity contribution < 1.29 is 38.1 Å². The van der Waals surface area contributed by atoms with Gasteiger partial charge in [0.15, 0.2) is 0 Å². The van der Waals surface area contributed by atoms with E-state index in [4.69, 9.17) is 9.47 Å². The van der Waals surface area contributed by atoms with Gasteiger partial charge >= 0.3 is 23.9 Å². The second-order valence-electron chi connectivity index (χ2n) is 29.7. The average Bonchev–Trinajstić information content (AvgIpc) is 0.855. The Morgan fingerprint density at radius 1 is 0.214 bits per heavy atom. The molecule has 3 saturated carbocycles. The van der Waals surface area contributed by atoms with Gasteiger partial charge in [0.1, 0.15) is 11.5 Å². The Kier molecular flexibility index (Phi) is 80.0. The molecule has 0 unspecified atom stereocenters. The van der Waals surface area contributed by atoms with Gasteiger partial charge in [0.2, 0.25) is 0 Å². The van der Waals surface area contributed by atoms with Gasteiger partial charge in [-0.1, -0.05) is 442 Å². The molecule has 10 aromatic carbocycles. The van der Waals surface area contributed by atoms with Crippen LogP contribution in [0.15, 0.2) is 243 Å². The molecule has 0 bridgehead atoms. The molecule has 698 valence electrons.